The van der Waals surface area contributed by atoms with Gasteiger partial charge >= 0.3 is 5.97 Å². The summed E-state index contributed by atoms with van der Waals surface area (Å²) in [6, 6.07) is 6.56. The number of hydrogen-bond acceptors (Lipinski definition) is 2. The Bertz CT molecular complexity index is 368. The lowest BCUT2D eigenvalue weighted by atomic mass is 10.0. The van der Waals surface area contributed by atoms with Crippen molar-refractivity contribution in [2.45, 2.75) is 46.1 Å². The van der Waals surface area contributed by atoms with Gasteiger partial charge in [-0.15, -0.1) is 0 Å². The number of rotatable bonds is 7. The molecule has 1 aromatic carbocycles. The maximum Gasteiger partial charge on any atom is 0.335 e. The first-order valence-electron chi connectivity index (χ1n) is 6.49. The van der Waals surface area contributed by atoms with E-state index in [4.69, 9.17) is 9.84 Å². The fourth-order valence-corrected chi connectivity index (χ4v) is 1.78. The minimum atomic E-state index is -0.911. The Hall–Kier alpha value is -1.51. The quantitative estimate of drug-likeness (QED) is 0.796. The third kappa shape index (κ3) is 5.21. The summed E-state index contributed by atoms with van der Waals surface area (Å²) < 4.78 is 5.74. The first kappa shape index (κ1) is 14.6. The van der Waals surface area contributed by atoms with Crippen LogP contribution >= 0.6 is 0 Å². The van der Waals surface area contributed by atoms with E-state index in [9.17, 15) is 4.79 Å². The second-order valence-electron chi connectivity index (χ2n) is 5.08. The molecule has 0 aromatic heterocycles. The molecule has 0 saturated carbocycles. The monoisotopic (exact) mass is 250 g/mol. The van der Waals surface area contributed by atoms with Gasteiger partial charge in [0.05, 0.1) is 11.7 Å². The van der Waals surface area contributed by atoms with Gasteiger partial charge in [0.25, 0.3) is 0 Å². The normalized spacial score (nSPS) is 12.4. The highest BCUT2D eigenvalue weighted by Gasteiger charge is 2.06. The van der Waals surface area contributed by atoms with Crippen molar-refractivity contribution in [2.75, 3.05) is 0 Å². The molecule has 0 spiro atoms. The van der Waals surface area contributed by atoms with Gasteiger partial charge in [0.15, 0.2) is 0 Å². The van der Waals surface area contributed by atoms with Crippen LogP contribution in [0.1, 0.15) is 50.4 Å². The molecule has 0 bridgehead atoms. The van der Waals surface area contributed by atoms with Gasteiger partial charge in [-0.05, 0) is 49.9 Å². The lowest BCUT2D eigenvalue weighted by Gasteiger charge is -2.15. The summed E-state index contributed by atoms with van der Waals surface area (Å²) in [4.78, 5) is 10.7. The minimum absolute atomic E-state index is 0.166. The minimum Gasteiger partial charge on any atom is -0.491 e. The van der Waals surface area contributed by atoms with Gasteiger partial charge < -0.3 is 9.84 Å². The van der Waals surface area contributed by atoms with Crippen LogP contribution in [0.3, 0.4) is 0 Å². The van der Waals surface area contributed by atoms with Crippen LogP contribution in [0.4, 0.5) is 0 Å². The Morgan fingerprint density at radius 2 is 1.78 bits per heavy atom. The largest absolute Gasteiger partial charge is 0.491 e. The molecular weight excluding hydrogens is 228 g/mol. The van der Waals surface area contributed by atoms with E-state index in [1.54, 1.807) is 24.3 Å². The SMILES string of the molecule is CC(C)CCCC(C)Oc1ccc(C(=O)O)cc1. The Morgan fingerprint density at radius 3 is 2.28 bits per heavy atom. The molecule has 1 atom stereocenters. The van der Waals surface area contributed by atoms with E-state index in [1.807, 2.05) is 6.92 Å². The summed E-state index contributed by atoms with van der Waals surface area (Å²) >= 11 is 0. The average Bonchev–Trinajstić information content (AvgIpc) is 2.29. The molecule has 0 aliphatic carbocycles. The molecule has 1 aromatic rings. The molecule has 100 valence electrons. The Morgan fingerprint density at radius 1 is 1.17 bits per heavy atom. The highest BCUT2D eigenvalue weighted by atomic mass is 16.5. The van der Waals surface area contributed by atoms with E-state index in [1.165, 1.54) is 6.42 Å². The molecule has 0 heterocycles. The Balaban J connectivity index is 2.39. The van der Waals surface area contributed by atoms with Gasteiger partial charge in [-0.1, -0.05) is 20.3 Å². The van der Waals surface area contributed by atoms with Gasteiger partial charge in [-0.25, -0.2) is 4.79 Å². The van der Waals surface area contributed by atoms with Crippen molar-refractivity contribution in [3.8, 4) is 5.75 Å². The first-order chi connectivity index (χ1) is 8.49. The van der Waals surface area contributed by atoms with Crippen molar-refractivity contribution in [3.05, 3.63) is 29.8 Å². The van der Waals surface area contributed by atoms with Crippen molar-refractivity contribution in [1.82, 2.24) is 0 Å². The van der Waals surface area contributed by atoms with Crippen LogP contribution in [0, 0.1) is 5.92 Å². The van der Waals surface area contributed by atoms with E-state index < -0.39 is 5.97 Å². The van der Waals surface area contributed by atoms with Gasteiger partial charge in [-0.2, -0.15) is 0 Å². The summed E-state index contributed by atoms with van der Waals surface area (Å²) in [5.41, 5.74) is 0.287. The van der Waals surface area contributed by atoms with Gasteiger partial charge in [0.2, 0.25) is 0 Å². The van der Waals surface area contributed by atoms with Crippen LogP contribution in [0.15, 0.2) is 24.3 Å². The summed E-state index contributed by atoms with van der Waals surface area (Å²) in [7, 11) is 0. The standard InChI is InChI=1S/C15H22O3/c1-11(2)5-4-6-12(3)18-14-9-7-13(8-10-14)15(16)17/h7-12H,4-6H2,1-3H3,(H,16,17). The Kier molecular flexibility index (Phi) is 5.69. The second-order valence-corrected chi connectivity index (χ2v) is 5.08. The topological polar surface area (TPSA) is 46.5 Å². The molecule has 0 aliphatic heterocycles. The van der Waals surface area contributed by atoms with Gasteiger partial charge in [0.1, 0.15) is 5.75 Å². The second kappa shape index (κ2) is 7.04. The summed E-state index contributed by atoms with van der Waals surface area (Å²) in [5.74, 6) is 0.552. The van der Waals surface area contributed by atoms with E-state index in [-0.39, 0.29) is 11.7 Å². The summed E-state index contributed by atoms with van der Waals surface area (Å²) in [5, 5.41) is 8.78. The molecule has 1 N–H and O–H groups in total. The smallest absolute Gasteiger partial charge is 0.335 e. The first-order valence-corrected chi connectivity index (χ1v) is 6.49. The van der Waals surface area contributed by atoms with Crippen LogP contribution < -0.4 is 4.74 Å². The number of ether oxygens (including phenoxy) is 1. The van der Waals surface area contributed by atoms with E-state index in [2.05, 4.69) is 13.8 Å². The van der Waals surface area contributed by atoms with Crippen LogP contribution in [0.2, 0.25) is 0 Å². The zero-order chi connectivity index (χ0) is 13.5. The molecule has 18 heavy (non-hydrogen) atoms. The number of carboxylic acid groups (broad SMARTS) is 1. The van der Waals surface area contributed by atoms with Crippen molar-refractivity contribution in [3.63, 3.8) is 0 Å². The highest BCUT2D eigenvalue weighted by molar-refractivity contribution is 5.87. The van der Waals surface area contributed by atoms with E-state index >= 15 is 0 Å². The number of hydrogen-bond donors (Lipinski definition) is 1. The zero-order valence-electron chi connectivity index (χ0n) is 11.3. The molecule has 3 heteroatoms. The predicted molar refractivity (Wildman–Crippen MR) is 72.2 cm³/mol. The molecule has 1 rings (SSSR count). The molecule has 1 unspecified atom stereocenters. The van der Waals surface area contributed by atoms with Gasteiger partial charge in [0, 0.05) is 0 Å². The lowest BCUT2D eigenvalue weighted by molar-refractivity contribution is 0.0697. The fraction of sp³-hybridized carbons (Fsp3) is 0.533. The molecule has 0 fully saturated rings. The van der Waals surface area contributed by atoms with Crippen LogP contribution in [0.5, 0.6) is 5.75 Å². The molecule has 0 radical (unpaired) electrons. The zero-order valence-corrected chi connectivity index (χ0v) is 11.3. The average molecular weight is 250 g/mol. The maximum absolute atomic E-state index is 10.7. The van der Waals surface area contributed by atoms with E-state index in [0.29, 0.717) is 0 Å². The molecule has 0 aliphatic rings. The van der Waals surface area contributed by atoms with Crippen molar-refractivity contribution >= 4 is 5.97 Å². The lowest BCUT2D eigenvalue weighted by Crippen LogP contribution is -2.12. The van der Waals surface area contributed by atoms with Crippen molar-refractivity contribution in [1.29, 1.82) is 0 Å². The molecule has 0 amide bonds. The predicted octanol–water partition coefficient (Wildman–Crippen LogP) is 3.98. The van der Waals surface area contributed by atoms with Crippen molar-refractivity contribution < 1.29 is 14.6 Å². The fourth-order valence-electron chi connectivity index (χ4n) is 1.78. The summed E-state index contributed by atoms with van der Waals surface area (Å²) in [6.45, 7) is 6.48. The highest BCUT2D eigenvalue weighted by Crippen LogP contribution is 2.17. The third-order valence-corrected chi connectivity index (χ3v) is 2.83. The maximum atomic E-state index is 10.7. The van der Waals surface area contributed by atoms with Gasteiger partial charge in [-0.3, -0.25) is 0 Å². The molecule has 3 nitrogen and oxygen atoms in total. The third-order valence-electron chi connectivity index (χ3n) is 2.83. The number of benzene rings is 1. The van der Waals surface area contributed by atoms with E-state index in [0.717, 1.165) is 24.5 Å². The molecular formula is C15H22O3. The number of carbonyl (C=O) groups is 1. The Labute approximate surface area is 109 Å². The summed E-state index contributed by atoms with van der Waals surface area (Å²) in [6.07, 6.45) is 3.57. The van der Waals surface area contributed by atoms with Crippen LogP contribution in [-0.4, -0.2) is 17.2 Å². The molecule has 0 saturated heterocycles. The number of carboxylic acids is 1. The van der Waals surface area contributed by atoms with Crippen LogP contribution in [0.25, 0.3) is 0 Å². The van der Waals surface area contributed by atoms with Crippen LogP contribution in [-0.2, 0) is 0 Å². The van der Waals surface area contributed by atoms with Crippen molar-refractivity contribution in [2.24, 2.45) is 5.92 Å². The number of aromatic carboxylic acids is 1.